The number of aromatic nitrogens is 2. The van der Waals surface area contributed by atoms with Gasteiger partial charge in [-0.1, -0.05) is 32.0 Å². The first-order valence-corrected chi connectivity index (χ1v) is 9.10. The average molecular weight is 336 g/mol. The van der Waals surface area contributed by atoms with E-state index < -0.39 is 5.92 Å². The van der Waals surface area contributed by atoms with Crippen molar-refractivity contribution in [3.63, 3.8) is 0 Å². The van der Waals surface area contributed by atoms with Crippen LogP contribution >= 0.6 is 0 Å². The fourth-order valence-corrected chi connectivity index (χ4v) is 5.23. The van der Waals surface area contributed by atoms with Gasteiger partial charge in [-0.3, -0.25) is 4.79 Å². The molecule has 1 heterocycles. The van der Waals surface area contributed by atoms with Crippen LogP contribution in [0.5, 0.6) is 0 Å². The number of carbonyl (C=O) groups excluding carboxylic acids is 2. The predicted molar refractivity (Wildman–Crippen MR) is 95.8 cm³/mol. The number of aryl methyl sites for hydroxylation is 1. The Morgan fingerprint density at radius 3 is 2.68 bits per heavy atom. The zero-order valence-electron chi connectivity index (χ0n) is 15.0. The van der Waals surface area contributed by atoms with Gasteiger partial charge in [-0.15, -0.1) is 0 Å². The molecule has 4 rings (SSSR count). The number of ketones is 1. The fourth-order valence-electron chi connectivity index (χ4n) is 5.23. The van der Waals surface area contributed by atoms with E-state index in [0.717, 1.165) is 36.3 Å². The lowest BCUT2D eigenvalue weighted by atomic mass is 9.54. The summed E-state index contributed by atoms with van der Waals surface area (Å²) in [5.74, 6) is 0.779. The number of imidazole rings is 1. The van der Waals surface area contributed by atoms with Crippen LogP contribution in [0.1, 0.15) is 43.9 Å². The first-order chi connectivity index (χ1) is 12.0. The van der Waals surface area contributed by atoms with E-state index in [1.807, 2.05) is 32.0 Å². The highest BCUT2D eigenvalue weighted by Crippen LogP contribution is 2.52. The van der Waals surface area contributed by atoms with Crippen molar-refractivity contribution in [2.45, 2.75) is 45.4 Å². The zero-order chi connectivity index (χ0) is 17.8. The molecule has 0 saturated heterocycles. The molecule has 2 aliphatic rings. The Kier molecular flexibility index (Phi) is 3.67. The summed E-state index contributed by atoms with van der Waals surface area (Å²) in [5, 5.41) is 0. The Bertz CT molecular complexity index is 839. The summed E-state index contributed by atoms with van der Waals surface area (Å²) in [6, 6.07) is 10.3. The number of benzene rings is 1. The minimum atomic E-state index is -0.496. The van der Waals surface area contributed by atoms with Gasteiger partial charge in [0.25, 0.3) is 0 Å². The van der Waals surface area contributed by atoms with Crippen molar-refractivity contribution in [3.05, 3.63) is 47.5 Å². The second-order valence-corrected chi connectivity index (χ2v) is 7.83. The van der Waals surface area contributed by atoms with Gasteiger partial charge in [0.05, 0.1) is 11.6 Å². The summed E-state index contributed by atoms with van der Waals surface area (Å²) >= 11 is 0. The summed E-state index contributed by atoms with van der Waals surface area (Å²) in [7, 11) is 0. The number of hydrogen-bond acceptors (Lipinski definition) is 3. The smallest absolute Gasteiger partial charge is 0.146 e. The molecule has 1 aromatic heterocycles. The van der Waals surface area contributed by atoms with Crippen LogP contribution in [0.2, 0.25) is 0 Å². The summed E-state index contributed by atoms with van der Waals surface area (Å²) in [4.78, 5) is 28.9. The summed E-state index contributed by atoms with van der Waals surface area (Å²) in [5.41, 5.74) is 3.25. The molecule has 1 fully saturated rings. The van der Waals surface area contributed by atoms with E-state index in [9.17, 15) is 9.59 Å². The minimum Gasteiger partial charge on any atom is -0.303 e. The van der Waals surface area contributed by atoms with Gasteiger partial charge < -0.3 is 9.36 Å². The van der Waals surface area contributed by atoms with Gasteiger partial charge in [0.15, 0.2) is 0 Å². The highest BCUT2D eigenvalue weighted by Gasteiger charge is 2.53. The molecule has 2 aliphatic carbocycles. The summed E-state index contributed by atoms with van der Waals surface area (Å²) < 4.78 is 2.24. The topological polar surface area (TPSA) is 52.0 Å². The van der Waals surface area contributed by atoms with Crippen molar-refractivity contribution in [2.75, 3.05) is 0 Å². The van der Waals surface area contributed by atoms with Crippen molar-refractivity contribution in [2.24, 2.45) is 17.8 Å². The molecular formula is C21H24N2O2. The second-order valence-electron chi connectivity index (χ2n) is 7.83. The lowest BCUT2D eigenvalue weighted by Gasteiger charge is -2.48. The van der Waals surface area contributed by atoms with E-state index in [1.165, 1.54) is 5.69 Å². The number of hydrogen-bond donors (Lipinski definition) is 0. The van der Waals surface area contributed by atoms with Gasteiger partial charge in [-0.2, -0.15) is 0 Å². The summed E-state index contributed by atoms with van der Waals surface area (Å²) in [6.07, 6.45) is 3.33. The van der Waals surface area contributed by atoms with Crippen LogP contribution in [0.15, 0.2) is 30.3 Å². The lowest BCUT2D eigenvalue weighted by Crippen LogP contribution is -2.51. The molecule has 4 atom stereocenters. The lowest BCUT2D eigenvalue weighted by molar-refractivity contribution is -0.137. The van der Waals surface area contributed by atoms with Crippen molar-refractivity contribution in [1.82, 2.24) is 9.55 Å². The van der Waals surface area contributed by atoms with Crippen molar-refractivity contribution < 1.29 is 9.59 Å². The molecule has 0 bridgehead atoms. The molecule has 0 spiro atoms. The highest BCUT2D eigenvalue weighted by atomic mass is 16.1. The Labute approximate surface area is 148 Å². The van der Waals surface area contributed by atoms with E-state index in [1.54, 1.807) is 0 Å². The second kappa shape index (κ2) is 5.65. The monoisotopic (exact) mass is 336 g/mol. The molecule has 130 valence electrons. The number of nitrogens with zero attached hydrogens (tertiary/aromatic N) is 2. The van der Waals surface area contributed by atoms with Crippen LogP contribution < -0.4 is 0 Å². The van der Waals surface area contributed by atoms with E-state index in [-0.39, 0.29) is 23.0 Å². The van der Waals surface area contributed by atoms with Gasteiger partial charge in [0, 0.05) is 22.7 Å². The predicted octanol–water partition coefficient (Wildman–Crippen LogP) is 3.42. The first-order valence-electron chi connectivity index (χ1n) is 9.10. The van der Waals surface area contributed by atoms with Crippen LogP contribution in [0.25, 0.3) is 5.69 Å². The Morgan fingerprint density at radius 2 is 2.00 bits per heavy atom. The number of para-hydroxylation sites is 1. The molecule has 1 aromatic carbocycles. The number of carbonyl (C=O) groups is 2. The molecular weight excluding hydrogens is 312 g/mol. The van der Waals surface area contributed by atoms with Crippen molar-refractivity contribution in [1.29, 1.82) is 0 Å². The zero-order valence-corrected chi connectivity index (χ0v) is 15.0. The van der Waals surface area contributed by atoms with E-state index in [2.05, 4.69) is 23.6 Å². The Balaban J connectivity index is 1.87. The largest absolute Gasteiger partial charge is 0.303 e. The number of aldehydes is 1. The molecule has 2 aromatic rings. The Hall–Kier alpha value is -2.23. The average Bonchev–Trinajstić information content (AvgIpc) is 2.96. The van der Waals surface area contributed by atoms with Gasteiger partial charge in [-0.05, 0) is 44.2 Å². The molecule has 4 nitrogen and oxygen atoms in total. The molecule has 1 unspecified atom stereocenters. The van der Waals surface area contributed by atoms with E-state index >= 15 is 0 Å². The van der Waals surface area contributed by atoms with Crippen LogP contribution in [0.4, 0.5) is 0 Å². The van der Waals surface area contributed by atoms with Crippen LogP contribution in [-0.2, 0) is 21.4 Å². The summed E-state index contributed by atoms with van der Waals surface area (Å²) in [6.45, 7) is 6.24. The van der Waals surface area contributed by atoms with Crippen LogP contribution in [0.3, 0.4) is 0 Å². The fraction of sp³-hybridized carbons (Fsp3) is 0.476. The molecule has 0 N–H and O–H groups in total. The molecule has 0 amide bonds. The van der Waals surface area contributed by atoms with E-state index in [4.69, 9.17) is 4.98 Å². The number of fused-ring (bicyclic) bond motifs is 3. The number of rotatable bonds is 2. The van der Waals surface area contributed by atoms with Gasteiger partial charge in [-0.25, -0.2) is 4.98 Å². The van der Waals surface area contributed by atoms with Crippen LogP contribution in [0, 0.1) is 24.7 Å². The first kappa shape index (κ1) is 16.2. The van der Waals surface area contributed by atoms with Gasteiger partial charge in [0.1, 0.15) is 17.9 Å². The molecule has 4 heteroatoms. The maximum atomic E-state index is 12.5. The Morgan fingerprint density at radius 1 is 1.28 bits per heavy atom. The van der Waals surface area contributed by atoms with Crippen LogP contribution in [-0.4, -0.2) is 21.6 Å². The molecule has 0 aliphatic heterocycles. The maximum Gasteiger partial charge on any atom is 0.146 e. The van der Waals surface area contributed by atoms with Gasteiger partial charge in [0.2, 0.25) is 0 Å². The SMILES string of the molecule is Cc1nc2c(n1-c1ccccc1)CC[C@H]1[C@H](C)C(=O)C(C=O)C[C@]21C. The normalized spacial score (nSPS) is 31.3. The maximum absolute atomic E-state index is 12.5. The number of Topliss-reactive ketones (excluding diaryl/α,β-unsaturated/α-hetero) is 1. The third-order valence-electron chi connectivity index (χ3n) is 6.43. The highest BCUT2D eigenvalue weighted by molar-refractivity contribution is 5.96. The molecule has 0 radical (unpaired) electrons. The van der Waals surface area contributed by atoms with Crippen molar-refractivity contribution >= 4 is 12.1 Å². The quantitative estimate of drug-likeness (QED) is 0.624. The van der Waals surface area contributed by atoms with Gasteiger partial charge >= 0.3 is 0 Å². The standard InChI is InChI=1S/C21H24N2O2/c1-13-17-9-10-18-20(21(17,3)11-15(12-24)19(13)25)22-14(2)23(18)16-7-5-4-6-8-16/h4-8,12-13,15,17H,9-11H2,1-3H3/t13-,15?,17-,21-/m0/s1. The third-order valence-corrected chi connectivity index (χ3v) is 6.43. The molecule has 1 saturated carbocycles. The minimum absolute atomic E-state index is 0.0794. The third kappa shape index (κ3) is 2.23. The van der Waals surface area contributed by atoms with Crippen molar-refractivity contribution in [3.8, 4) is 5.69 Å². The molecule has 25 heavy (non-hydrogen) atoms. The van der Waals surface area contributed by atoms with E-state index in [0.29, 0.717) is 6.42 Å².